The van der Waals surface area contributed by atoms with Gasteiger partial charge in [-0.3, -0.25) is 4.90 Å². The van der Waals surface area contributed by atoms with Crippen molar-refractivity contribution in [1.29, 1.82) is 0 Å². The molecular weight excluding hydrogens is 422 g/mol. The maximum absolute atomic E-state index is 13.3. The summed E-state index contributed by atoms with van der Waals surface area (Å²) in [6.45, 7) is 16.7. The Kier molecular flexibility index (Phi) is 7.88. The van der Waals surface area contributed by atoms with Crippen molar-refractivity contribution < 1.29 is 23.5 Å². The van der Waals surface area contributed by atoms with Crippen molar-refractivity contribution in [3.8, 4) is 0 Å². The maximum atomic E-state index is 13.3. The molecule has 0 N–H and O–H groups in total. The third-order valence-corrected chi connectivity index (χ3v) is 11.1. The molecule has 1 fully saturated rings. The van der Waals surface area contributed by atoms with E-state index in [-0.39, 0.29) is 11.1 Å². The molecule has 1 aliphatic rings. The van der Waals surface area contributed by atoms with Crippen LogP contribution >= 0.6 is 0 Å². The number of carbonyl (C=O) groups excluding carboxylic acids is 2. The van der Waals surface area contributed by atoms with Crippen molar-refractivity contribution >= 4 is 20.4 Å². The average Bonchev–Trinajstić information content (AvgIpc) is 3.03. The van der Waals surface area contributed by atoms with E-state index in [9.17, 15) is 9.59 Å². The van der Waals surface area contributed by atoms with Gasteiger partial charge >= 0.3 is 12.1 Å². The zero-order chi connectivity index (χ0) is 24.4. The minimum Gasteiger partial charge on any atom is -0.467 e. The van der Waals surface area contributed by atoms with Crippen molar-refractivity contribution in [2.24, 2.45) is 0 Å². The fourth-order valence-electron chi connectivity index (χ4n) is 3.89. The van der Waals surface area contributed by atoms with Gasteiger partial charge in [0.05, 0.1) is 19.8 Å². The number of esters is 1. The number of nitrogens with zero attached hydrogens (tertiary/aromatic N) is 1. The summed E-state index contributed by atoms with van der Waals surface area (Å²) in [5, 5.41) is 0.0182. The van der Waals surface area contributed by atoms with Gasteiger partial charge in [0.15, 0.2) is 8.32 Å². The molecule has 0 aliphatic carbocycles. The molecule has 0 saturated carbocycles. The van der Waals surface area contributed by atoms with E-state index in [4.69, 9.17) is 13.9 Å². The van der Waals surface area contributed by atoms with Gasteiger partial charge in [0.25, 0.3) is 0 Å². The molecule has 2 atom stereocenters. The first-order valence-electron chi connectivity index (χ1n) is 11.4. The molecule has 0 unspecified atom stereocenters. The lowest BCUT2D eigenvalue weighted by molar-refractivity contribution is -0.153. The largest absolute Gasteiger partial charge is 0.467 e. The first-order chi connectivity index (χ1) is 14.6. The van der Waals surface area contributed by atoms with Gasteiger partial charge in [-0.05, 0) is 57.3 Å². The highest BCUT2D eigenvalue weighted by Gasteiger charge is 2.56. The Labute approximate surface area is 194 Å². The summed E-state index contributed by atoms with van der Waals surface area (Å²) >= 11 is 0. The molecule has 1 heterocycles. The summed E-state index contributed by atoms with van der Waals surface area (Å²) in [6, 6.07) is 9.97. The standard InChI is InChI=1S/C25H41NO5Si/c1-23(2,3)30-22(28)26-18-20(31-32(8,9)24(4,5)6)17-25(26,21(27)29-7)16-15-19-13-11-10-12-14-19/h10-14,20H,15-18H2,1-9H3/t20-,25-/m0/s1. The van der Waals surface area contributed by atoms with E-state index < -0.39 is 31.5 Å². The molecule has 6 nitrogen and oxygen atoms in total. The molecule has 0 spiro atoms. The van der Waals surface area contributed by atoms with Gasteiger partial charge < -0.3 is 13.9 Å². The summed E-state index contributed by atoms with van der Waals surface area (Å²) in [6.07, 6.45) is 0.733. The number of carbonyl (C=O) groups is 2. The number of methoxy groups -OCH3 is 1. The second kappa shape index (κ2) is 9.55. The zero-order valence-corrected chi connectivity index (χ0v) is 22.3. The van der Waals surface area contributed by atoms with Crippen LogP contribution in [0.1, 0.15) is 59.9 Å². The lowest BCUT2D eigenvalue weighted by Gasteiger charge is -2.38. The van der Waals surface area contributed by atoms with Gasteiger partial charge in [-0.25, -0.2) is 9.59 Å². The van der Waals surface area contributed by atoms with E-state index in [1.165, 1.54) is 7.11 Å². The Bertz CT molecular complexity index is 797. The normalized spacial score (nSPS) is 22.0. The van der Waals surface area contributed by atoms with Crippen LogP contribution in [0.5, 0.6) is 0 Å². The van der Waals surface area contributed by atoms with Crippen LogP contribution < -0.4 is 0 Å². The molecule has 1 aromatic rings. The number of hydrogen-bond donors (Lipinski definition) is 0. The highest BCUT2D eigenvalue weighted by atomic mass is 28.4. The van der Waals surface area contributed by atoms with Crippen molar-refractivity contribution in [1.82, 2.24) is 4.90 Å². The lowest BCUT2D eigenvalue weighted by atomic mass is 9.88. The first kappa shape index (κ1) is 26.4. The Hall–Kier alpha value is -1.86. The van der Waals surface area contributed by atoms with Gasteiger partial charge in [0.2, 0.25) is 0 Å². The first-order valence-corrected chi connectivity index (χ1v) is 14.3. The van der Waals surface area contributed by atoms with Crippen LogP contribution in [0.2, 0.25) is 18.1 Å². The molecule has 7 heteroatoms. The van der Waals surface area contributed by atoms with Gasteiger partial charge in [-0.2, -0.15) is 0 Å². The van der Waals surface area contributed by atoms with Crippen molar-refractivity contribution in [2.45, 2.75) is 96.2 Å². The number of hydrogen-bond acceptors (Lipinski definition) is 5. The highest BCUT2D eigenvalue weighted by Crippen LogP contribution is 2.43. The minimum atomic E-state index is -2.11. The molecule has 1 aliphatic heterocycles. The Balaban J connectivity index is 2.41. The minimum absolute atomic E-state index is 0.0182. The molecule has 0 bridgehead atoms. The second-order valence-corrected chi connectivity index (χ2v) is 16.1. The van der Waals surface area contributed by atoms with Crippen LogP contribution in [0, 0.1) is 0 Å². The SMILES string of the molecule is COC(=O)[C@]1(CCc2ccccc2)C[C@H](O[Si](C)(C)C(C)(C)C)CN1C(=O)OC(C)(C)C. The monoisotopic (exact) mass is 463 g/mol. The van der Waals surface area contributed by atoms with Crippen LogP contribution in [0.4, 0.5) is 4.79 Å². The molecule has 2 rings (SSSR count). The van der Waals surface area contributed by atoms with Gasteiger partial charge in [0.1, 0.15) is 11.1 Å². The molecule has 0 radical (unpaired) electrons. The number of ether oxygens (including phenoxy) is 2. The van der Waals surface area contributed by atoms with Crippen LogP contribution in [0.15, 0.2) is 30.3 Å². The highest BCUT2D eigenvalue weighted by molar-refractivity contribution is 6.74. The Morgan fingerprint density at radius 3 is 2.19 bits per heavy atom. The Morgan fingerprint density at radius 1 is 1.09 bits per heavy atom. The van der Waals surface area contributed by atoms with Crippen molar-refractivity contribution in [2.75, 3.05) is 13.7 Å². The maximum Gasteiger partial charge on any atom is 0.411 e. The van der Waals surface area contributed by atoms with Gasteiger partial charge in [-0.1, -0.05) is 51.1 Å². The number of rotatable bonds is 6. The van der Waals surface area contributed by atoms with E-state index in [2.05, 4.69) is 33.9 Å². The smallest absolute Gasteiger partial charge is 0.411 e. The average molecular weight is 464 g/mol. The third-order valence-electron chi connectivity index (χ3n) is 6.59. The van der Waals surface area contributed by atoms with E-state index in [1.54, 1.807) is 4.90 Å². The second-order valence-electron chi connectivity index (χ2n) is 11.3. The zero-order valence-electron chi connectivity index (χ0n) is 21.3. The third kappa shape index (κ3) is 6.13. The number of benzene rings is 1. The van der Waals surface area contributed by atoms with Crippen LogP contribution in [0.3, 0.4) is 0 Å². The topological polar surface area (TPSA) is 65.1 Å². The van der Waals surface area contributed by atoms with Crippen LogP contribution in [-0.2, 0) is 25.1 Å². The van der Waals surface area contributed by atoms with E-state index in [1.807, 2.05) is 51.1 Å². The molecule has 1 aromatic carbocycles. The quantitative estimate of drug-likeness (QED) is 0.408. The van der Waals surface area contributed by atoms with Gasteiger partial charge in [-0.15, -0.1) is 0 Å². The molecule has 1 amide bonds. The molecular formula is C25H41NO5Si. The van der Waals surface area contributed by atoms with E-state index >= 15 is 0 Å². The molecule has 32 heavy (non-hydrogen) atoms. The summed E-state index contributed by atoms with van der Waals surface area (Å²) < 4.78 is 17.6. The van der Waals surface area contributed by atoms with Crippen molar-refractivity contribution in [3.05, 3.63) is 35.9 Å². The fraction of sp³-hybridized carbons (Fsp3) is 0.680. The molecule has 180 valence electrons. The summed E-state index contributed by atoms with van der Waals surface area (Å²) in [7, 11) is -0.730. The predicted molar refractivity (Wildman–Crippen MR) is 129 cm³/mol. The Morgan fingerprint density at radius 2 is 1.69 bits per heavy atom. The predicted octanol–water partition coefficient (Wildman–Crippen LogP) is 5.56. The summed E-state index contributed by atoms with van der Waals surface area (Å²) in [5.41, 5.74) is -0.690. The van der Waals surface area contributed by atoms with E-state index in [0.29, 0.717) is 25.8 Å². The lowest BCUT2D eigenvalue weighted by Crippen LogP contribution is -2.55. The number of likely N-dealkylation sites (tertiary alicyclic amines) is 1. The van der Waals surface area contributed by atoms with Gasteiger partial charge in [0, 0.05) is 6.42 Å². The number of aryl methyl sites for hydroxylation is 1. The molecule has 1 saturated heterocycles. The van der Waals surface area contributed by atoms with Crippen LogP contribution in [0.25, 0.3) is 0 Å². The van der Waals surface area contributed by atoms with Crippen molar-refractivity contribution in [3.63, 3.8) is 0 Å². The summed E-state index contributed by atoms with van der Waals surface area (Å²) in [5.74, 6) is -0.416. The van der Waals surface area contributed by atoms with E-state index in [0.717, 1.165) is 5.56 Å². The van der Waals surface area contributed by atoms with Crippen LogP contribution in [-0.4, -0.2) is 56.2 Å². The summed E-state index contributed by atoms with van der Waals surface area (Å²) in [4.78, 5) is 28.1. The fourth-order valence-corrected chi connectivity index (χ4v) is 5.23. The number of amides is 1. The molecule has 0 aromatic heterocycles.